The summed E-state index contributed by atoms with van der Waals surface area (Å²) in [4.78, 5) is 12.5. The lowest BCUT2D eigenvalue weighted by atomic mass is 10.2. The van der Waals surface area contributed by atoms with Gasteiger partial charge in [-0.1, -0.05) is 19.1 Å². The summed E-state index contributed by atoms with van der Waals surface area (Å²) in [6.45, 7) is 7.29. The van der Waals surface area contributed by atoms with Crippen LogP contribution in [0.15, 0.2) is 35.5 Å². The molecule has 0 atom stereocenters. The fraction of sp³-hybridized carbons (Fsp3) is 0.500. The highest BCUT2D eigenvalue weighted by molar-refractivity contribution is 14.0. The van der Waals surface area contributed by atoms with Crippen molar-refractivity contribution in [3.8, 4) is 0 Å². The second-order valence-corrected chi connectivity index (χ2v) is 7.64. The molecule has 0 radical (unpaired) electrons. The van der Waals surface area contributed by atoms with Crippen LogP contribution in [0.25, 0.3) is 0 Å². The minimum Gasteiger partial charge on any atom is -0.378 e. The fourth-order valence-corrected chi connectivity index (χ4v) is 3.83. The molecular weight excluding hydrogens is 485 g/mol. The quantitative estimate of drug-likeness (QED) is 0.337. The van der Waals surface area contributed by atoms with E-state index >= 15 is 0 Å². The molecule has 0 amide bonds. The number of morpholine rings is 1. The molecule has 0 aliphatic carbocycles. The standard InChI is InChI=1S/C20H29N5OS.HI/c1-3-18-15-23-19(27-18)8-9-22-20(21-2)24-14-16-4-6-17(7-5-16)25-10-12-26-13-11-25;/h4-7,15H,3,8-14H2,1-2H3,(H2,21,22,24);1H. The van der Waals surface area contributed by atoms with E-state index < -0.39 is 0 Å². The van der Waals surface area contributed by atoms with Gasteiger partial charge >= 0.3 is 0 Å². The predicted octanol–water partition coefficient (Wildman–Crippen LogP) is 3.07. The molecule has 1 aliphatic rings. The molecule has 8 heteroatoms. The molecule has 0 saturated carbocycles. The fourth-order valence-electron chi connectivity index (χ4n) is 2.97. The van der Waals surface area contributed by atoms with Crippen LogP contribution in [0.2, 0.25) is 0 Å². The van der Waals surface area contributed by atoms with Gasteiger partial charge in [0.25, 0.3) is 0 Å². The van der Waals surface area contributed by atoms with Crippen molar-refractivity contribution in [2.45, 2.75) is 26.3 Å². The van der Waals surface area contributed by atoms with Crippen LogP contribution in [0.5, 0.6) is 0 Å². The first-order valence-corrected chi connectivity index (χ1v) is 10.4. The first kappa shape index (κ1) is 22.9. The van der Waals surface area contributed by atoms with Crippen LogP contribution in [-0.4, -0.2) is 50.8 Å². The first-order valence-electron chi connectivity index (χ1n) is 9.58. The summed E-state index contributed by atoms with van der Waals surface area (Å²) in [6, 6.07) is 8.72. The van der Waals surface area contributed by atoms with Gasteiger partial charge in [0.2, 0.25) is 0 Å². The number of nitrogens with zero attached hydrogens (tertiary/aromatic N) is 3. The summed E-state index contributed by atoms with van der Waals surface area (Å²) in [5, 5.41) is 7.91. The van der Waals surface area contributed by atoms with Crippen LogP contribution in [0, 0.1) is 0 Å². The van der Waals surface area contributed by atoms with E-state index in [2.05, 4.69) is 56.7 Å². The summed E-state index contributed by atoms with van der Waals surface area (Å²) in [6.07, 6.45) is 3.95. The maximum atomic E-state index is 5.41. The third-order valence-corrected chi connectivity index (χ3v) is 5.78. The Kier molecular flexibility index (Phi) is 10.0. The Morgan fingerprint density at radius 3 is 2.61 bits per heavy atom. The van der Waals surface area contributed by atoms with Crippen molar-refractivity contribution < 1.29 is 4.74 Å². The van der Waals surface area contributed by atoms with E-state index in [1.165, 1.54) is 21.1 Å². The van der Waals surface area contributed by atoms with Gasteiger partial charge in [0.05, 0.1) is 18.2 Å². The van der Waals surface area contributed by atoms with Crippen LogP contribution in [0.1, 0.15) is 22.4 Å². The third-order valence-electron chi connectivity index (χ3n) is 4.58. The van der Waals surface area contributed by atoms with Crippen LogP contribution >= 0.6 is 35.3 Å². The lowest BCUT2D eigenvalue weighted by molar-refractivity contribution is 0.122. The van der Waals surface area contributed by atoms with E-state index in [1.807, 2.05) is 6.20 Å². The number of benzene rings is 1. The number of thiazole rings is 1. The largest absolute Gasteiger partial charge is 0.378 e. The van der Waals surface area contributed by atoms with Crippen molar-refractivity contribution in [3.63, 3.8) is 0 Å². The number of aromatic nitrogens is 1. The van der Waals surface area contributed by atoms with Gasteiger partial charge in [-0.05, 0) is 24.1 Å². The topological polar surface area (TPSA) is 61.8 Å². The average molecular weight is 515 g/mol. The molecule has 6 nitrogen and oxygen atoms in total. The van der Waals surface area contributed by atoms with E-state index in [-0.39, 0.29) is 24.0 Å². The summed E-state index contributed by atoms with van der Waals surface area (Å²) in [7, 11) is 1.80. The number of rotatable bonds is 7. The lowest BCUT2D eigenvalue weighted by Crippen LogP contribution is -2.38. The molecule has 2 heterocycles. The number of ether oxygens (including phenoxy) is 1. The maximum Gasteiger partial charge on any atom is 0.191 e. The molecule has 1 saturated heterocycles. The minimum absolute atomic E-state index is 0. The normalized spacial score (nSPS) is 14.5. The third kappa shape index (κ3) is 6.89. The second kappa shape index (κ2) is 12.2. The van der Waals surface area contributed by atoms with Gasteiger partial charge in [-0.2, -0.15) is 0 Å². The molecule has 1 aliphatic heterocycles. The Bertz CT molecular complexity index is 728. The lowest BCUT2D eigenvalue weighted by Gasteiger charge is -2.28. The summed E-state index contributed by atoms with van der Waals surface area (Å²) < 4.78 is 5.41. The summed E-state index contributed by atoms with van der Waals surface area (Å²) >= 11 is 1.79. The highest BCUT2D eigenvalue weighted by atomic mass is 127. The summed E-state index contributed by atoms with van der Waals surface area (Å²) in [5.74, 6) is 0.819. The zero-order chi connectivity index (χ0) is 18.9. The molecule has 1 aromatic carbocycles. The van der Waals surface area contributed by atoms with Gasteiger partial charge in [-0.25, -0.2) is 4.98 Å². The molecule has 0 unspecified atom stereocenters. The molecular formula is C20H30IN5OS. The van der Waals surface area contributed by atoms with Crippen LogP contribution in [0.4, 0.5) is 5.69 Å². The Morgan fingerprint density at radius 1 is 1.21 bits per heavy atom. The number of nitrogens with one attached hydrogen (secondary N) is 2. The van der Waals surface area contributed by atoms with E-state index in [9.17, 15) is 0 Å². The first-order chi connectivity index (χ1) is 13.3. The smallest absolute Gasteiger partial charge is 0.191 e. The van der Waals surface area contributed by atoms with Crippen LogP contribution < -0.4 is 15.5 Å². The van der Waals surface area contributed by atoms with E-state index in [0.717, 1.165) is 58.2 Å². The van der Waals surface area contributed by atoms with Gasteiger partial charge in [-0.3, -0.25) is 4.99 Å². The highest BCUT2D eigenvalue weighted by Crippen LogP contribution is 2.16. The molecule has 0 bridgehead atoms. The molecule has 1 fully saturated rings. The zero-order valence-corrected chi connectivity index (χ0v) is 19.8. The van der Waals surface area contributed by atoms with Gasteiger partial charge in [0.15, 0.2) is 5.96 Å². The Labute approximate surface area is 188 Å². The number of hydrogen-bond donors (Lipinski definition) is 2. The molecule has 0 spiro atoms. The van der Waals surface area contributed by atoms with Gasteiger partial charge in [-0.15, -0.1) is 35.3 Å². The molecule has 28 heavy (non-hydrogen) atoms. The number of hydrogen-bond acceptors (Lipinski definition) is 5. The van der Waals surface area contributed by atoms with Crippen molar-refractivity contribution in [1.29, 1.82) is 0 Å². The van der Waals surface area contributed by atoms with E-state index in [4.69, 9.17) is 4.74 Å². The molecule has 3 rings (SSSR count). The van der Waals surface area contributed by atoms with Gasteiger partial charge in [0.1, 0.15) is 0 Å². The predicted molar refractivity (Wildman–Crippen MR) is 128 cm³/mol. The molecule has 2 N–H and O–H groups in total. The van der Waals surface area contributed by atoms with Crippen molar-refractivity contribution in [2.75, 3.05) is 44.8 Å². The monoisotopic (exact) mass is 515 g/mol. The SMILES string of the molecule is CCc1cnc(CCNC(=NC)NCc2ccc(N3CCOCC3)cc2)s1.I. The molecule has 154 valence electrons. The van der Waals surface area contributed by atoms with Crippen molar-refractivity contribution in [1.82, 2.24) is 15.6 Å². The average Bonchev–Trinajstić information content (AvgIpc) is 3.19. The Morgan fingerprint density at radius 2 is 1.96 bits per heavy atom. The number of aryl methyl sites for hydroxylation is 1. The van der Waals surface area contributed by atoms with Crippen molar-refractivity contribution in [3.05, 3.63) is 45.9 Å². The number of aliphatic imine (C=N–C) groups is 1. The van der Waals surface area contributed by atoms with Crippen molar-refractivity contribution >= 4 is 47.0 Å². The van der Waals surface area contributed by atoms with E-state index in [1.54, 1.807) is 18.4 Å². The maximum absolute atomic E-state index is 5.41. The minimum atomic E-state index is 0. The number of guanidine groups is 1. The zero-order valence-electron chi connectivity index (χ0n) is 16.6. The summed E-state index contributed by atoms with van der Waals surface area (Å²) in [5.41, 5.74) is 2.50. The molecule has 1 aromatic heterocycles. The number of anilines is 1. The molecule has 2 aromatic rings. The van der Waals surface area contributed by atoms with Gasteiger partial charge in [0, 0.05) is 56.4 Å². The van der Waals surface area contributed by atoms with Crippen molar-refractivity contribution in [2.24, 2.45) is 4.99 Å². The second-order valence-electron chi connectivity index (χ2n) is 6.44. The number of halogens is 1. The highest BCUT2D eigenvalue weighted by Gasteiger charge is 2.10. The van der Waals surface area contributed by atoms with Crippen LogP contribution in [0.3, 0.4) is 0 Å². The van der Waals surface area contributed by atoms with E-state index in [0.29, 0.717) is 0 Å². The van der Waals surface area contributed by atoms with Gasteiger partial charge < -0.3 is 20.3 Å². The Hall–Kier alpha value is -1.39. The van der Waals surface area contributed by atoms with Crippen LogP contribution in [-0.2, 0) is 24.1 Å². The Balaban J connectivity index is 0.00000280.